The number of nitrogens with two attached hydrogens (primary N) is 5. The number of nitrogen functional groups attached to an aromatic ring is 2. The number of phenols is 2. The summed E-state index contributed by atoms with van der Waals surface area (Å²) in [6.07, 6.45) is 3.80. The summed E-state index contributed by atoms with van der Waals surface area (Å²) in [5.41, 5.74) is 28.8. The number of phenolic OH excluding ortho intramolecular Hbond substituents is 2. The van der Waals surface area contributed by atoms with Crippen molar-refractivity contribution in [3.8, 4) is 23.0 Å². The fourth-order valence-corrected chi connectivity index (χ4v) is 7.61. The van der Waals surface area contributed by atoms with Crippen LogP contribution in [-0.4, -0.2) is 79.1 Å². The van der Waals surface area contributed by atoms with E-state index in [2.05, 4.69) is 56.1 Å². The van der Waals surface area contributed by atoms with Gasteiger partial charge in [0, 0.05) is 17.7 Å². The number of carbonyl (C=O) groups excluding carboxylic acids is 5. The van der Waals surface area contributed by atoms with Crippen molar-refractivity contribution in [2.75, 3.05) is 25.7 Å². The molecule has 0 aliphatic rings. The average Bonchev–Trinajstić information content (AvgIpc) is 4.38. The largest absolute Gasteiger partial charge is 0.508 e. The number of aldehydes is 1. The molecule has 1 atom stereocenters. The molecule has 1 unspecified atom stereocenters. The van der Waals surface area contributed by atoms with Crippen LogP contribution in [0, 0.1) is 6.57 Å². The maximum absolute atomic E-state index is 13.8. The number of primary amides is 2. The number of methoxy groups -OCH3 is 2. The van der Waals surface area contributed by atoms with E-state index >= 15 is 0 Å². The van der Waals surface area contributed by atoms with E-state index in [0.717, 1.165) is 28.9 Å². The summed E-state index contributed by atoms with van der Waals surface area (Å²) < 4.78 is 27.9. The summed E-state index contributed by atoms with van der Waals surface area (Å²) in [4.78, 5) is 74.5. The smallest absolute Gasteiger partial charge is 0.349 e. The van der Waals surface area contributed by atoms with E-state index in [-0.39, 0.29) is 57.1 Å². The Morgan fingerprint density at radius 3 is 1.60 bits per heavy atom. The Labute approximate surface area is 496 Å². The van der Waals surface area contributed by atoms with Gasteiger partial charge in [0.05, 0.1) is 51.2 Å². The predicted molar refractivity (Wildman–Crippen MR) is 313 cm³/mol. The Morgan fingerprint density at radius 1 is 0.750 bits per heavy atom. The maximum Gasteiger partial charge on any atom is 0.349 e. The molecule has 0 aliphatic heterocycles. The summed E-state index contributed by atoms with van der Waals surface area (Å²) in [7, 11) is 3.19. The van der Waals surface area contributed by atoms with Gasteiger partial charge in [-0.15, -0.1) is 0 Å². The Bertz CT molecular complexity index is 3200. The number of carbonyl (C=O) groups is 6. The first-order chi connectivity index (χ1) is 38.4. The molecule has 0 fully saturated rings. The second-order valence-electron chi connectivity index (χ2n) is 15.4. The number of hydrogen-bond acceptors (Lipinski definition) is 19. The zero-order chi connectivity index (χ0) is 59.1. The number of nitrogens with zero attached hydrogens (tertiary/aromatic N) is 4. The van der Waals surface area contributed by atoms with Crippen LogP contribution >= 0.6 is 60.3 Å². The third kappa shape index (κ3) is 21.8. The van der Waals surface area contributed by atoms with Crippen molar-refractivity contribution in [2.24, 2.45) is 17.2 Å². The molecule has 422 valence electrons. The number of ether oxygens (including phenoxy) is 2. The van der Waals surface area contributed by atoms with Crippen LogP contribution < -0.4 is 56.7 Å². The minimum absolute atomic E-state index is 0.00662. The van der Waals surface area contributed by atoms with Crippen molar-refractivity contribution in [1.82, 2.24) is 19.0 Å². The molecule has 8 rings (SSSR count). The van der Waals surface area contributed by atoms with Gasteiger partial charge in [-0.05, 0) is 131 Å². The molecule has 0 radical (unpaired) electrons. The van der Waals surface area contributed by atoms with Crippen molar-refractivity contribution in [3.05, 3.63) is 200 Å². The molecule has 23 nitrogen and oxygen atoms in total. The topological polar surface area (TPSA) is 383 Å². The van der Waals surface area contributed by atoms with E-state index in [9.17, 15) is 33.9 Å². The van der Waals surface area contributed by atoms with Gasteiger partial charge in [-0.25, -0.2) is 11.4 Å². The normalized spacial score (nSPS) is 10.2. The summed E-state index contributed by atoms with van der Waals surface area (Å²) in [5.74, 6) is -1.13. The molecule has 14 N–H and O–H groups in total. The number of halogens is 3. The van der Waals surface area contributed by atoms with Crippen molar-refractivity contribution in [2.45, 2.75) is 32.2 Å². The van der Waals surface area contributed by atoms with Crippen LogP contribution in [0.4, 0.5) is 11.4 Å². The zero-order valence-electron chi connectivity index (χ0n) is 42.2. The van der Waals surface area contributed by atoms with Crippen LogP contribution in [0.3, 0.4) is 0 Å². The summed E-state index contributed by atoms with van der Waals surface area (Å²) >= 11 is 6.65. The first-order valence-corrected chi connectivity index (χ1v) is 36.6. The summed E-state index contributed by atoms with van der Waals surface area (Å²) in [5, 5.41) is 29.9. The Hall–Kier alpha value is -7.84. The quantitative estimate of drug-likeness (QED) is 0.0341. The number of hydrogen-bond donors (Lipinski definition) is 9. The van der Waals surface area contributed by atoms with Crippen LogP contribution in [0.15, 0.2) is 143 Å². The fraction of sp³-hybridized carbons (Fsp3) is 0.135. The van der Waals surface area contributed by atoms with E-state index < -0.39 is 35.6 Å². The maximum atomic E-state index is 13.8. The second-order valence-corrected chi connectivity index (χ2v) is 33.2. The molecule has 4 amide bonds. The van der Waals surface area contributed by atoms with Crippen molar-refractivity contribution in [1.29, 1.82) is 0 Å². The standard InChI is InChI=1S/C26H25N5O6S.C9H9NO.C7H6O2.C5H5N3O3S.C5H7NO.I3/c1-36-18-10-4-15(5-11-18)13-29-25(34)22(16-6-8-17(32)9-7-16)31(14-19-3-2-12-37-19)26(35)23-20(27)21(24(28)33)30-38-23;1-10-7-8-3-5-9(11-2)6-4-8;8-5-6-1-3-7(9)4-2-6;6-1-2(4(7)9)8-12-3(1)5(10)11;6-4-5-2-1-3-7-5;1-3-2/h2-12,22,32H,13-14,27H2,1H3,(H2,28,33)(H,29,34);3-6H,7H2,2H3;1-5,9H;6H2,(H2,7,9)(H,10,11);1-3H,4,6H2;/q;;;;;-1. The van der Waals surface area contributed by atoms with Gasteiger partial charge in [0.1, 0.15) is 51.7 Å². The van der Waals surface area contributed by atoms with Gasteiger partial charge in [-0.2, -0.15) is 8.75 Å². The first-order valence-electron chi connectivity index (χ1n) is 22.5. The molecule has 4 aromatic carbocycles. The van der Waals surface area contributed by atoms with E-state index in [1.807, 2.05) is 48.5 Å². The predicted octanol–water partition coefficient (Wildman–Crippen LogP) is 5.19. The summed E-state index contributed by atoms with van der Waals surface area (Å²) in [6, 6.07) is 32.5. The number of nitrogens with one attached hydrogen (secondary N) is 1. The van der Waals surface area contributed by atoms with Gasteiger partial charge >= 0.3 is 56.5 Å². The zero-order valence-corrected chi connectivity index (χ0v) is 50.3. The first kappa shape index (κ1) is 66.4. The van der Waals surface area contributed by atoms with Gasteiger partial charge in [0.25, 0.3) is 17.7 Å². The Kier molecular flexibility index (Phi) is 29.6. The van der Waals surface area contributed by atoms with Crippen LogP contribution in [0.2, 0.25) is 0 Å². The van der Waals surface area contributed by atoms with E-state index in [4.69, 9.17) is 63.8 Å². The number of aromatic nitrogens is 2. The van der Waals surface area contributed by atoms with Gasteiger partial charge in [0.15, 0.2) is 16.3 Å². The number of aromatic hydroxyl groups is 2. The molecule has 0 spiro atoms. The number of aromatic carboxylic acids is 1. The van der Waals surface area contributed by atoms with E-state index in [1.165, 1.54) is 35.4 Å². The van der Waals surface area contributed by atoms with Crippen molar-refractivity contribution in [3.63, 3.8) is 0 Å². The minimum atomic E-state index is -1.21. The van der Waals surface area contributed by atoms with Gasteiger partial charge in [-0.3, -0.25) is 24.0 Å². The average molecular weight is 1470 g/mol. The molecule has 0 bridgehead atoms. The van der Waals surface area contributed by atoms with Crippen LogP contribution in [-0.2, 0) is 31.0 Å². The molecular formula is C52H52I3N10O13S2-. The molecule has 4 aromatic heterocycles. The van der Waals surface area contributed by atoms with Crippen molar-refractivity contribution >= 4 is 108 Å². The molecule has 80 heavy (non-hydrogen) atoms. The molecule has 28 heteroatoms. The Balaban J connectivity index is 0.000000320. The van der Waals surface area contributed by atoms with E-state index in [1.54, 1.807) is 69.0 Å². The number of rotatable bonds is 16. The fourth-order valence-electron chi connectivity index (χ4n) is 6.20. The molecule has 0 saturated heterocycles. The Morgan fingerprint density at radius 2 is 1.21 bits per heavy atom. The second kappa shape index (κ2) is 35.6. The van der Waals surface area contributed by atoms with Crippen molar-refractivity contribution < 1.29 is 75.6 Å². The number of carboxylic acid groups (broad SMARTS) is 1. The third-order valence-electron chi connectivity index (χ3n) is 10.1. The SMILES string of the molecule is COc1ccc(CNC(=O)C(c2ccc(O)cc2)N(Cc2ccco2)C(=O)c2snc(C(N)=O)c2N)cc1.I[I-]I.NC(=O)c1nsc(C(=O)O)c1N.NCc1ccco1.O=Cc1ccc(O)cc1.[C-]#[N+]Cc1ccc(OC)cc1. The van der Waals surface area contributed by atoms with Gasteiger partial charge in [-0.1, -0.05) is 24.3 Å². The molecular weight excluding hydrogens is 1420 g/mol. The molecule has 0 aliphatic carbocycles. The summed E-state index contributed by atoms with van der Waals surface area (Å²) in [6.45, 7) is 7.65. The number of amides is 4. The number of furan rings is 2. The van der Waals surface area contributed by atoms with Crippen LogP contribution in [0.5, 0.6) is 23.0 Å². The minimum Gasteiger partial charge on any atom is -0.508 e. The monoisotopic (exact) mass is 1470 g/mol. The number of carboxylic acids is 1. The molecule has 4 heterocycles. The molecule has 8 aromatic rings. The third-order valence-corrected chi connectivity index (χ3v) is 11.8. The van der Waals surface area contributed by atoms with Crippen LogP contribution in [0.1, 0.15) is 84.9 Å². The molecule has 0 saturated carbocycles. The number of anilines is 2. The van der Waals surface area contributed by atoms with E-state index in [0.29, 0.717) is 72.0 Å². The van der Waals surface area contributed by atoms with Gasteiger partial charge < -0.3 is 77.4 Å². The van der Waals surface area contributed by atoms with Crippen LogP contribution in [0.25, 0.3) is 4.85 Å². The number of benzene rings is 4. The van der Waals surface area contributed by atoms with Gasteiger partial charge in [0.2, 0.25) is 12.5 Å².